The molecule has 1 aliphatic heterocycles. The van der Waals surface area contributed by atoms with Gasteiger partial charge in [-0.15, -0.1) is 0 Å². The number of amides is 2. The van der Waals surface area contributed by atoms with Crippen LogP contribution in [0.2, 0.25) is 0 Å². The van der Waals surface area contributed by atoms with E-state index in [1.54, 1.807) is 0 Å². The predicted octanol–water partition coefficient (Wildman–Crippen LogP) is 4.00. The first kappa shape index (κ1) is 19.5. The van der Waals surface area contributed by atoms with Crippen molar-refractivity contribution in [1.29, 1.82) is 0 Å². The third-order valence-electron chi connectivity index (χ3n) is 6.98. The molecule has 1 aromatic rings. The zero-order valence-electron chi connectivity index (χ0n) is 17.4. The molecule has 1 aromatic carbocycles. The van der Waals surface area contributed by atoms with Crippen molar-refractivity contribution in [3.05, 3.63) is 35.4 Å². The first-order chi connectivity index (χ1) is 13.5. The van der Waals surface area contributed by atoms with Gasteiger partial charge in [0, 0.05) is 32.5 Å². The van der Waals surface area contributed by atoms with Crippen LogP contribution in [0.15, 0.2) is 24.3 Å². The summed E-state index contributed by atoms with van der Waals surface area (Å²) in [6, 6.07) is 8.73. The van der Waals surface area contributed by atoms with Gasteiger partial charge in [0.25, 0.3) is 0 Å². The Bertz CT molecular complexity index is 730. The molecule has 1 atom stereocenters. The molecule has 1 unspecified atom stereocenters. The van der Waals surface area contributed by atoms with Gasteiger partial charge in [-0.1, -0.05) is 38.1 Å². The van der Waals surface area contributed by atoms with Crippen molar-refractivity contribution in [2.45, 2.75) is 70.1 Å². The standard InChI is InChI=1S/C24H34N2O2/c1-17(2)13-23(28)26-11-9-24(10-12-26)15-19(20-5-3-4-6-21(20)24)14-22(27)25-16-18-7-8-18/h3-6,17-19H,7-16H2,1-2H3,(H,25,27). The van der Waals surface area contributed by atoms with Crippen molar-refractivity contribution in [1.82, 2.24) is 10.2 Å². The van der Waals surface area contributed by atoms with E-state index in [0.29, 0.717) is 30.6 Å². The molecule has 1 spiro atoms. The lowest BCUT2D eigenvalue weighted by atomic mass is 9.73. The molecule has 2 amide bonds. The van der Waals surface area contributed by atoms with Gasteiger partial charge < -0.3 is 10.2 Å². The lowest BCUT2D eigenvalue weighted by Gasteiger charge is -2.40. The summed E-state index contributed by atoms with van der Waals surface area (Å²) in [6.45, 7) is 6.76. The van der Waals surface area contributed by atoms with E-state index in [-0.39, 0.29) is 11.3 Å². The van der Waals surface area contributed by atoms with E-state index in [1.807, 2.05) is 0 Å². The van der Waals surface area contributed by atoms with Gasteiger partial charge in [-0.05, 0) is 66.4 Å². The van der Waals surface area contributed by atoms with Crippen LogP contribution in [0.5, 0.6) is 0 Å². The van der Waals surface area contributed by atoms with Crippen LogP contribution in [0.25, 0.3) is 0 Å². The molecule has 4 heteroatoms. The summed E-state index contributed by atoms with van der Waals surface area (Å²) in [7, 11) is 0. The number of benzene rings is 1. The highest BCUT2D eigenvalue weighted by Gasteiger charge is 2.46. The molecular formula is C24H34N2O2. The predicted molar refractivity (Wildman–Crippen MR) is 111 cm³/mol. The Morgan fingerprint density at radius 2 is 1.89 bits per heavy atom. The highest BCUT2D eigenvalue weighted by Crippen LogP contribution is 2.52. The molecule has 1 N–H and O–H groups in total. The van der Waals surface area contributed by atoms with Gasteiger partial charge in [-0.25, -0.2) is 0 Å². The van der Waals surface area contributed by atoms with Crippen LogP contribution < -0.4 is 5.32 Å². The van der Waals surface area contributed by atoms with E-state index in [9.17, 15) is 9.59 Å². The number of nitrogens with one attached hydrogen (secondary N) is 1. The quantitative estimate of drug-likeness (QED) is 0.808. The van der Waals surface area contributed by atoms with Crippen molar-refractivity contribution >= 4 is 11.8 Å². The van der Waals surface area contributed by atoms with E-state index in [2.05, 4.69) is 48.3 Å². The molecule has 0 bridgehead atoms. The molecule has 1 heterocycles. The van der Waals surface area contributed by atoms with Crippen molar-refractivity contribution in [2.75, 3.05) is 19.6 Å². The largest absolute Gasteiger partial charge is 0.356 e. The number of carbonyl (C=O) groups is 2. The monoisotopic (exact) mass is 382 g/mol. The second-order valence-electron chi connectivity index (χ2n) is 9.70. The Morgan fingerprint density at radius 1 is 1.18 bits per heavy atom. The topological polar surface area (TPSA) is 49.4 Å². The molecule has 4 nitrogen and oxygen atoms in total. The average molecular weight is 383 g/mol. The maximum Gasteiger partial charge on any atom is 0.222 e. The van der Waals surface area contributed by atoms with Crippen LogP contribution in [-0.2, 0) is 15.0 Å². The van der Waals surface area contributed by atoms with Gasteiger partial charge in [-0.3, -0.25) is 9.59 Å². The minimum Gasteiger partial charge on any atom is -0.356 e. The molecule has 1 saturated carbocycles. The smallest absolute Gasteiger partial charge is 0.222 e. The van der Waals surface area contributed by atoms with Gasteiger partial charge in [0.2, 0.25) is 11.8 Å². The lowest BCUT2D eigenvalue weighted by molar-refractivity contribution is -0.133. The average Bonchev–Trinajstić information content (AvgIpc) is 3.46. The fourth-order valence-electron chi connectivity index (χ4n) is 5.22. The Hall–Kier alpha value is -1.84. The Morgan fingerprint density at radius 3 is 2.57 bits per heavy atom. The Kier molecular flexibility index (Phi) is 5.48. The highest BCUT2D eigenvalue weighted by atomic mass is 16.2. The van der Waals surface area contributed by atoms with Crippen LogP contribution in [0.1, 0.15) is 75.8 Å². The van der Waals surface area contributed by atoms with Crippen LogP contribution in [-0.4, -0.2) is 36.3 Å². The van der Waals surface area contributed by atoms with Gasteiger partial charge in [0.15, 0.2) is 0 Å². The summed E-state index contributed by atoms with van der Waals surface area (Å²) in [4.78, 5) is 27.0. The number of fused-ring (bicyclic) bond motifs is 2. The molecule has 0 aromatic heterocycles. The fraction of sp³-hybridized carbons (Fsp3) is 0.667. The molecule has 152 valence electrons. The number of piperidine rings is 1. The van der Waals surface area contributed by atoms with E-state index in [0.717, 1.165) is 44.8 Å². The molecule has 2 aliphatic carbocycles. The third kappa shape index (κ3) is 4.11. The van der Waals surface area contributed by atoms with Gasteiger partial charge >= 0.3 is 0 Å². The first-order valence-corrected chi connectivity index (χ1v) is 11.1. The van der Waals surface area contributed by atoms with Gasteiger partial charge in [-0.2, -0.15) is 0 Å². The zero-order chi connectivity index (χ0) is 19.7. The number of nitrogens with zero attached hydrogens (tertiary/aromatic N) is 1. The summed E-state index contributed by atoms with van der Waals surface area (Å²) < 4.78 is 0. The second-order valence-corrected chi connectivity index (χ2v) is 9.70. The van der Waals surface area contributed by atoms with Crippen LogP contribution >= 0.6 is 0 Å². The summed E-state index contributed by atoms with van der Waals surface area (Å²) in [6.07, 6.45) is 6.87. The van der Waals surface area contributed by atoms with E-state index in [4.69, 9.17) is 0 Å². The summed E-state index contributed by atoms with van der Waals surface area (Å²) in [5.41, 5.74) is 2.95. The number of likely N-dealkylation sites (tertiary alicyclic amines) is 1. The SMILES string of the molecule is CC(C)CC(=O)N1CCC2(CC1)CC(CC(=O)NCC1CC1)c1ccccc12. The number of hydrogen-bond donors (Lipinski definition) is 1. The first-order valence-electron chi connectivity index (χ1n) is 11.1. The van der Waals surface area contributed by atoms with Crippen LogP contribution in [0.4, 0.5) is 0 Å². The van der Waals surface area contributed by atoms with E-state index < -0.39 is 0 Å². The molecular weight excluding hydrogens is 348 g/mol. The maximum absolute atomic E-state index is 12.5. The molecule has 0 radical (unpaired) electrons. The third-order valence-corrected chi connectivity index (χ3v) is 6.98. The van der Waals surface area contributed by atoms with Crippen molar-refractivity contribution in [2.24, 2.45) is 11.8 Å². The second kappa shape index (κ2) is 7.88. The fourth-order valence-corrected chi connectivity index (χ4v) is 5.22. The Labute approximate surface area is 169 Å². The number of carbonyl (C=O) groups excluding carboxylic acids is 2. The van der Waals surface area contributed by atoms with Gasteiger partial charge in [0.05, 0.1) is 0 Å². The molecule has 2 fully saturated rings. The summed E-state index contributed by atoms with van der Waals surface area (Å²) >= 11 is 0. The zero-order valence-corrected chi connectivity index (χ0v) is 17.4. The molecule has 3 aliphatic rings. The highest BCUT2D eigenvalue weighted by molar-refractivity contribution is 5.78. The molecule has 4 rings (SSSR count). The van der Waals surface area contributed by atoms with Crippen molar-refractivity contribution in [3.63, 3.8) is 0 Å². The van der Waals surface area contributed by atoms with Crippen LogP contribution in [0, 0.1) is 11.8 Å². The number of hydrogen-bond acceptors (Lipinski definition) is 2. The lowest BCUT2D eigenvalue weighted by Crippen LogP contribution is -2.44. The molecule has 1 saturated heterocycles. The minimum atomic E-state index is 0.145. The van der Waals surface area contributed by atoms with Gasteiger partial charge in [0.1, 0.15) is 0 Å². The molecule has 28 heavy (non-hydrogen) atoms. The van der Waals surface area contributed by atoms with E-state index in [1.165, 1.54) is 24.0 Å². The summed E-state index contributed by atoms with van der Waals surface area (Å²) in [5.74, 6) is 1.95. The van der Waals surface area contributed by atoms with E-state index >= 15 is 0 Å². The van der Waals surface area contributed by atoms with Crippen molar-refractivity contribution in [3.8, 4) is 0 Å². The Balaban J connectivity index is 1.42. The van der Waals surface area contributed by atoms with Crippen molar-refractivity contribution < 1.29 is 9.59 Å². The minimum absolute atomic E-state index is 0.145. The normalized spacial score (nSPS) is 23.1. The maximum atomic E-state index is 12.5. The summed E-state index contributed by atoms with van der Waals surface area (Å²) in [5, 5.41) is 3.14. The van der Waals surface area contributed by atoms with Crippen LogP contribution in [0.3, 0.4) is 0 Å². The number of rotatable bonds is 6.